The first kappa shape index (κ1) is 18.0. The van der Waals surface area contributed by atoms with Gasteiger partial charge in [-0.05, 0) is 25.3 Å². The standard InChI is InChI=1S/C17H22N6O4S/c24-17(11-28(25,26)22-5-7-27-8-6-22)3-1-12(9-17)16-21-20-14-10-19-15-13(23(14)16)2-4-18-15/h2,4,10,12,18,24H,1,3,5-9,11H2. The van der Waals surface area contributed by atoms with Gasteiger partial charge in [0.25, 0.3) is 0 Å². The molecule has 3 aromatic rings. The SMILES string of the molecule is O=S(=O)(CC1(O)CCC(c2nnc3cnc4[nH]ccc4n23)C1)N1CCOCC1. The number of H-pyrrole nitrogens is 1. The van der Waals surface area contributed by atoms with Crippen molar-refractivity contribution in [1.29, 1.82) is 0 Å². The summed E-state index contributed by atoms with van der Waals surface area (Å²) in [6.07, 6.45) is 4.87. The lowest BCUT2D eigenvalue weighted by atomic mass is 10.0. The van der Waals surface area contributed by atoms with E-state index in [1.54, 1.807) is 12.4 Å². The molecule has 2 N–H and O–H groups in total. The van der Waals surface area contributed by atoms with Crippen LogP contribution in [0.15, 0.2) is 18.5 Å². The number of aliphatic hydroxyl groups is 1. The maximum Gasteiger partial charge on any atom is 0.217 e. The molecule has 2 atom stereocenters. The molecule has 11 heteroatoms. The fraction of sp³-hybridized carbons (Fsp3) is 0.588. The molecule has 1 aliphatic carbocycles. The van der Waals surface area contributed by atoms with Crippen molar-refractivity contribution >= 4 is 26.8 Å². The first-order chi connectivity index (χ1) is 13.5. The molecular formula is C17H22N6O4S. The molecular weight excluding hydrogens is 384 g/mol. The van der Waals surface area contributed by atoms with Crippen LogP contribution in [0.3, 0.4) is 0 Å². The Morgan fingerprint density at radius 2 is 2.14 bits per heavy atom. The smallest absolute Gasteiger partial charge is 0.217 e. The highest BCUT2D eigenvalue weighted by atomic mass is 32.2. The Bertz CT molecular complexity index is 1120. The molecule has 2 aliphatic rings. The number of aromatic nitrogens is 5. The van der Waals surface area contributed by atoms with Crippen LogP contribution < -0.4 is 0 Å². The van der Waals surface area contributed by atoms with E-state index in [4.69, 9.17) is 4.74 Å². The maximum atomic E-state index is 12.8. The number of hydrogen-bond acceptors (Lipinski definition) is 7. The van der Waals surface area contributed by atoms with Gasteiger partial charge in [0.2, 0.25) is 10.0 Å². The Balaban J connectivity index is 1.41. The zero-order chi connectivity index (χ0) is 19.4. The average Bonchev–Trinajstić information content (AvgIpc) is 3.38. The van der Waals surface area contributed by atoms with Gasteiger partial charge < -0.3 is 14.8 Å². The molecule has 2 fully saturated rings. The number of sulfonamides is 1. The van der Waals surface area contributed by atoms with Gasteiger partial charge in [-0.2, -0.15) is 4.31 Å². The molecule has 5 rings (SSSR count). The van der Waals surface area contributed by atoms with Crippen LogP contribution >= 0.6 is 0 Å². The highest BCUT2D eigenvalue weighted by Gasteiger charge is 2.44. The molecule has 0 aromatic carbocycles. The van der Waals surface area contributed by atoms with E-state index in [9.17, 15) is 13.5 Å². The first-order valence-electron chi connectivity index (χ1n) is 9.40. The molecule has 10 nitrogen and oxygen atoms in total. The number of aromatic amines is 1. The van der Waals surface area contributed by atoms with Gasteiger partial charge in [-0.3, -0.25) is 4.40 Å². The fourth-order valence-corrected chi connectivity index (χ4v) is 6.20. The van der Waals surface area contributed by atoms with Gasteiger partial charge in [0.05, 0.1) is 36.3 Å². The Hall–Kier alpha value is -2.08. The fourth-order valence-electron chi connectivity index (χ4n) is 4.38. The predicted molar refractivity (Wildman–Crippen MR) is 100 cm³/mol. The van der Waals surface area contributed by atoms with Gasteiger partial charge in [-0.15, -0.1) is 10.2 Å². The van der Waals surface area contributed by atoms with Crippen LogP contribution in [0, 0.1) is 0 Å². The highest BCUT2D eigenvalue weighted by Crippen LogP contribution is 2.41. The monoisotopic (exact) mass is 406 g/mol. The summed E-state index contributed by atoms with van der Waals surface area (Å²) in [7, 11) is -3.54. The Morgan fingerprint density at radius 1 is 1.32 bits per heavy atom. The summed E-state index contributed by atoms with van der Waals surface area (Å²) >= 11 is 0. The van der Waals surface area contributed by atoms with Crippen LogP contribution in [0.5, 0.6) is 0 Å². The number of rotatable bonds is 4. The molecule has 1 saturated carbocycles. The number of nitrogens with one attached hydrogen (secondary N) is 1. The third-order valence-electron chi connectivity index (χ3n) is 5.73. The molecule has 2 unspecified atom stereocenters. The quantitative estimate of drug-likeness (QED) is 0.637. The molecule has 1 saturated heterocycles. The number of ether oxygens (including phenoxy) is 1. The summed E-state index contributed by atoms with van der Waals surface area (Å²) in [5, 5.41) is 19.6. The van der Waals surface area contributed by atoms with Crippen molar-refractivity contribution < 1.29 is 18.3 Å². The Kier molecular flexibility index (Phi) is 4.16. The normalized spacial score (nSPS) is 27.1. The number of morpholine rings is 1. The molecule has 1 aliphatic heterocycles. The minimum Gasteiger partial charge on any atom is -0.389 e. The summed E-state index contributed by atoms with van der Waals surface area (Å²) in [6.45, 7) is 1.48. The first-order valence-corrected chi connectivity index (χ1v) is 11.0. The molecule has 0 spiro atoms. The Labute approximate surface area is 161 Å². The van der Waals surface area contributed by atoms with E-state index < -0.39 is 15.6 Å². The van der Waals surface area contributed by atoms with Crippen molar-refractivity contribution in [2.24, 2.45) is 0 Å². The van der Waals surface area contributed by atoms with E-state index in [1.807, 2.05) is 10.5 Å². The van der Waals surface area contributed by atoms with Gasteiger partial charge >= 0.3 is 0 Å². The van der Waals surface area contributed by atoms with Crippen molar-refractivity contribution in [3.63, 3.8) is 0 Å². The van der Waals surface area contributed by atoms with Gasteiger partial charge in [0.15, 0.2) is 11.3 Å². The van der Waals surface area contributed by atoms with Crippen LogP contribution in [0.2, 0.25) is 0 Å². The third kappa shape index (κ3) is 2.98. The van der Waals surface area contributed by atoms with Gasteiger partial charge in [-0.25, -0.2) is 13.4 Å². The maximum absolute atomic E-state index is 12.8. The lowest BCUT2D eigenvalue weighted by molar-refractivity contribution is 0.0593. The lowest BCUT2D eigenvalue weighted by Crippen LogP contribution is -2.46. The van der Waals surface area contributed by atoms with E-state index >= 15 is 0 Å². The number of fused-ring (bicyclic) bond motifs is 3. The summed E-state index contributed by atoms with van der Waals surface area (Å²) in [4.78, 5) is 7.39. The minimum absolute atomic E-state index is 0.0691. The second-order valence-corrected chi connectivity index (χ2v) is 9.62. The van der Waals surface area contributed by atoms with Gasteiger partial charge in [0, 0.05) is 25.2 Å². The molecule has 0 radical (unpaired) electrons. The molecule has 4 heterocycles. The van der Waals surface area contributed by atoms with E-state index in [-0.39, 0.29) is 11.7 Å². The van der Waals surface area contributed by atoms with Crippen LogP contribution in [-0.4, -0.2) is 80.1 Å². The van der Waals surface area contributed by atoms with E-state index in [1.165, 1.54) is 4.31 Å². The zero-order valence-corrected chi connectivity index (χ0v) is 16.1. The van der Waals surface area contributed by atoms with Crippen LogP contribution in [0.25, 0.3) is 16.8 Å². The summed E-state index contributed by atoms with van der Waals surface area (Å²) in [6, 6.07) is 1.91. The largest absolute Gasteiger partial charge is 0.389 e. The second-order valence-electron chi connectivity index (χ2n) is 7.65. The van der Waals surface area contributed by atoms with E-state index in [0.717, 1.165) is 17.0 Å². The second kappa shape index (κ2) is 6.48. The zero-order valence-electron chi connectivity index (χ0n) is 15.3. The van der Waals surface area contributed by atoms with Crippen molar-refractivity contribution in [3.8, 4) is 0 Å². The molecule has 0 bridgehead atoms. The molecule has 150 valence electrons. The summed E-state index contributed by atoms with van der Waals surface area (Å²) in [5.74, 6) is 0.399. The van der Waals surface area contributed by atoms with Crippen LogP contribution in [0.1, 0.15) is 31.0 Å². The van der Waals surface area contributed by atoms with Gasteiger partial charge in [0.1, 0.15) is 5.82 Å². The number of nitrogens with zero attached hydrogens (tertiary/aromatic N) is 5. The topological polar surface area (TPSA) is 126 Å². The summed E-state index contributed by atoms with van der Waals surface area (Å²) in [5.41, 5.74) is 0.974. The van der Waals surface area contributed by atoms with Crippen molar-refractivity contribution in [3.05, 3.63) is 24.3 Å². The predicted octanol–water partition coefficient (Wildman–Crippen LogP) is 0.266. The van der Waals surface area contributed by atoms with E-state index in [0.29, 0.717) is 51.2 Å². The lowest BCUT2D eigenvalue weighted by Gasteiger charge is -2.30. The van der Waals surface area contributed by atoms with Crippen molar-refractivity contribution in [1.82, 2.24) is 28.9 Å². The molecule has 0 amide bonds. The van der Waals surface area contributed by atoms with Crippen LogP contribution in [-0.2, 0) is 14.8 Å². The van der Waals surface area contributed by atoms with E-state index in [2.05, 4.69) is 20.2 Å². The van der Waals surface area contributed by atoms with Crippen molar-refractivity contribution in [2.45, 2.75) is 30.8 Å². The van der Waals surface area contributed by atoms with Gasteiger partial charge in [-0.1, -0.05) is 0 Å². The highest BCUT2D eigenvalue weighted by molar-refractivity contribution is 7.89. The Morgan fingerprint density at radius 3 is 2.96 bits per heavy atom. The molecule has 28 heavy (non-hydrogen) atoms. The van der Waals surface area contributed by atoms with Crippen molar-refractivity contribution in [2.75, 3.05) is 32.1 Å². The van der Waals surface area contributed by atoms with Crippen LogP contribution in [0.4, 0.5) is 0 Å². The summed E-state index contributed by atoms with van der Waals surface area (Å²) < 4.78 is 34.1. The third-order valence-corrected chi connectivity index (χ3v) is 7.79. The minimum atomic E-state index is -3.54. The molecule has 3 aromatic heterocycles. The number of hydrogen-bond donors (Lipinski definition) is 2. The average molecular weight is 406 g/mol.